The lowest BCUT2D eigenvalue weighted by Gasteiger charge is -2.26. The maximum absolute atomic E-state index is 13.1. The molecule has 1 aliphatic heterocycles. The third-order valence-electron chi connectivity index (χ3n) is 3.80. The number of amides is 4. The minimum absolute atomic E-state index is 0.103. The molecule has 0 bridgehead atoms. The number of anilines is 1. The number of hydrogen-bond acceptors (Lipinski definition) is 5. The predicted octanol–water partition coefficient (Wildman–Crippen LogP) is 2.72. The van der Waals surface area contributed by atoms with Crippen molar-refractivity contribution < 1.29 is 33.4 Å². The van der Waals surface area contributed by atoms with E-state index in [0.717, 1.165) is 17.0 Å². The molecule has 4 amide bonds. The van der Waals surface area contributed by atoms with Gasteiger partial charge < -0.3 is 9.84 Å². The second-order valence-electron chi connectivity index (χ2n) is 5.81. The maximum atomic E-state index is 13.1. The number of aliphatic carboxylic acids is 1. The van der Waals surface area contributed by atoms with Gasteiger partial charge in [0.1, 0.15) is 17.1 Å². The van der Waals surface area contributed by atoms with Crippen molar-refractivity contribution >= 4 is 51.5 Å². The Hall–Kier alpha value is -3.53. The molecule has 3 rings (SSSR count). The van der Waals surface area contributed by atoms with Crippen molar-refractivity contribution in [3.8, 4) is 5.75 Å². The molecular weight excluding hydrogens is 451 g/mol. The molecule has 0 saturated carbocycles. The van der Waals surface area contributed by atoms with Crippen LogP contribution in [0.2, 0.25) is 0 Å². The molecule has 0 unspecified atom stereocenters. The highest BCUT2D eigenvalue weighted by Gasteiger charge is 2.36. The molecule has 2 N–H and O–H groups in total. The summed E-state index contributed by atoms with van der Waals surface area (Å²) in [4.78, 5) is 48.3. The Bertz CT molecular complexity index is 1050. The highest BCUT2D eigenvalue weighted by atomic mass is 79.9. The molecule has 29 heavy (non-hydrogen) atoms. The van der Waals surface area contributed by atoms with Crippen LogP contribution in [0.15, 0.2) is 52.5 Å². The first-order chi connectivity index (χ1) is 13.8. The molecule has 8 nitrogen and oxygen atoms in total. The number of urea groups is 1. The fraction of sp³-hybridized carbons (Fsp3) is 0.0526. The number of ether oxygens (including phenoxy) is 1. The fourth-order valence-corrected chi connectivity index (χ4v) is 3.02. The Morgan fingerprint density at radius 2 is 1.86 bits per heavy atom. The number of carbonyl (C=O) groups excluding carboxylic acids is 3. The molecule has 10 heteroatoms. The summed E-state index contributed by atoms with van der Waals surface area (Å²) in [7, 11) is 0. The van der Waals surface area contributed by atoms with E-state index in [-0.39, 0.29) is 17.0 Å². The van der Waals surface area contributed by atoms with Gasteiger partial charge in [0, 0.05) is 0 Å². The van der Waals surface area contributed by atoms with Crippen molar-refractivity contribution in [2.75, 3.05) is 11.5 Å². The van der Waals surface area contributed by atoms with Crippen LogP contribution >= 0.6 is 15.9 Å². The zero-order valence-corrected chi connectivity index (χ0v) is 16.1. The molecule has 2 aromatic rings. The number of hydrogen-bond donors (Lipinski definition) is 2. The normalized spacial score (nSPS) is 15.4. The number of benzene rings is 2. The lowest BCUT2D eigenvalue weighted by atomic mass is 10.1. The van der Waals surface area contributed by atoms with Gasteiger partial charge in [-0.25, -0.2) is 18.9 Å². The molecule has 1 saturated heterocycles. The highest BCUT2D eigenvalue weighted by molar-refractivity contribution is 9.10. The number of carboxylic acids is 1. The number of barbiturate groups is 1. The van der Waals surface area contributed by atoms with Gasteiger partial charge >= 0.3 is 12.0 Å². The van der Waals surface area contributed by atoms with Crippen molar-refractivity contribution in [2.45, 2.75) is 0 Å². The topological polar surface area (TPSA) is 113 Å². The second-order valence-corrected chi connectivity index (χ2v) is 6.66. The summed E-state index contributed by atoms with van der Waals surface area (Å²) in [6, 6.07) is 8.20. The van der Waals surface area contributed by atoms with Crippen molar-refractivity contribution in [1.29, 1.82) is 0 Å². The molecule has 0 aliphatic carbocycles. The van der Waals surface area contributed by atoms with Gasteiger partial charge in [-0.1, -0.05) is 6.07 Å². The molecule has 148 valence electrons. The monoisotopic (exact) mass is 462 g/mol. The summed E-state index contributed by atoms with van der Waals surface area (Å²) in [6.45, 7) is -0.533. The van der Waals surface area contributed by atoms with Crippen LogP contribution < -0.4 is 15.0 Å². The number of halogens is 2. The summed E-state index contributed by atoms with van der Waals surface area (Å²) >= 11 is 3.22. The number of nitrogens with one attached hydrogen (secondary N) is 1. The van der Waals surface area contributed by atoms with Gasteiger partial charge in [0.2, 0.25) is 0 Å². The van der Waals surface area contributed by atoms with Crippen molar-refractivity contribution in [2.24, 2.45) is 0 Å². The second kappa shape index (κ2) is 8.23. The molecule has 0 radical (unpaired) electrons. The summed E-state index contributed by atoms with van der Waals surface area (Å²) in [5, 5.41) is 10.7. The number of nitrogens with zero attached hydrogens (tertiary/aromatic N) is 1. The Balaban J connectivity index is 1.91. The van der Waals surface area contributed by atoms with Crippen LogP contribution in [0, 0.1) is 5.82 Å². The summed E-state index contributed by atoms with van der Waals surface area (Å²) in [5.41, 5.74) is 0.220. The standard InChI is InChI=1S/C19H12BrFN2O6/c20-14-8-10(1-6-15(14)29-9-16(24)25)7-13-17(26)22-19(28)23(18(13)27)12-4-2-11(21)3-5-12/h1-8H,9H2,(H,24,25)(H,22,26,28)/b13-7+. The van der Waals surface area contributed by atoms with E-state index >= 15 is 0 Å². The van der Waals surface area contributed by atoms with Crippen LogP contribution in [0.25, 0.3) is 6.08 Å². The first-order valence-corrected chi connectivity index (χ1v) is 8.86. The summed E-state index contributed by atoms with van der Waals surface area (Å²) in [5.74, 6) is -3.16. The molecule has 0 spiro atoms. The molecule has 1 fully saturated rings. The zero-order chi connectivity index (χ0) is 21.1. The highest BCUT2D eigenvalue weighted by Crippen LogP contribution is 2.28. The largest absolute Gasteiger partial charge is 0.481 e. The van der Waals surface area contributed by atoms with E-state index in [9.17, 15) is 23.6 Å². The minimum atomic E-state index is -1.14. The van der Waals surface area contributed by atoms with E-state index in [1.54, 1.807) is 0 Å². The van der Waals surface area contributed by atoms with Crippen molar-refractivity contribution in [1.82, 2.24) is 5.32 Å². The zero-order valence-electron chi connectivity index (χ0n) is 14.5. The van der Waals surface area contributed by atoms with E-state index < -0.39 is 36.2 Å². The molecule has 1 heterocycles. The number of carbonyl (C=O) groups is 4. The van der Waals surface area contributed by atoms with Crippen LogP contribution in [0.1, 0.15) is 5.56 Å². The van der Waals surface area contributed by atoms with Crippen LogP contribution in [-0.4, -0.2) is 35.5 Å². The SMILES string of the molecule is O=C(O)COc1ccc(/C=C2\C(=O)NC(=O)N(c3ccc(F)cc3)C2=O)cc1Br. The van der Waals surface area contributed by atoms with Gasteiger partial charge in [-0.3, -0.25) is 14.9 Å². The average molecular weight is 463 g/mol. The van der Waals surface area contributed by atoms with Crippen LogP contribution in [0.3, 0.4) is 0 Å². The smallest absolute Gasteiger partial charge is 0.341 e. The lowest BCUT2D eigenvalue weighted by molar-refractivity contribution is -0.139. The first kappa shape index (κ1) is 20.2. The van der Waals surface area contributed by atoms with E-state index in [0.29, 0.717) is 10.0 Å². The van der Waals surface area contributed by atoms with E-state index in [2.05, 4.69) is 21.2 Å². The quantitative estimate of drug-likeness (QED) is 0.521. The Morgan fingerprint density at radius 3 is 2.48 bits per heavy atom. The third kappa shape index (κ3) is 4.49. The summed E-state index contributed by atoms with van der Waals surface area (Å²) in [6.07, 6.45) is 1.27. The minimum Gasteiger partial charge on any atom is -0.481 e. The maximum Gasteiger partial charge on any atom is 0.341 e. The number of carboxylic acid groups (broad SMARTS) is 1. The molecule has 0 aromatic heterocycles. The van der Waals surface area contributed by atoms with Gasteiger partial charge in [0.25, 0.3) is 11.8 Å². The third-order valence-corrected chi connectivity index (χ3v) is 4.42. The van der Waals surface area contributed by atoms with Gasteiger partial charge in [0.05, 0.1) is 10.2 Å². The van der Waals surface area contributed by atoms with Crippen LogP contribution in [0.5, 0.6) is 5.75 Å². The van der Waals surface area contributed by atoms with E-state index in [1.807, 2.05) is 0 Å². The molecule has 1 aliphatic rings. The van der Waals surface area contributed by atoms with Crippen LogP contribution in [0.4, 0.5) is 14.9 Å². The lowest BCUT2D eigenvalue weighted by Crippen LogP contribution is -2.54. The van der Waals surface area contributed by atoms with Crippen LogP contribution in [-0.2, 0) is 14.4 Å². The van der Waals surface area contributed by atoms with E-state index in [1.165, 1.54) is 36.4 Å². The number of imide groups is 2. The van der Waals surface area contributed by atoms with Gasteiger partial charge in [-0.15, -0.1) is 0 Å². The number of rotatable bonds is 5. The molecule has 0 atom stereocenters. The fourth-order valence-electron chi connectivity index (χ4n) is 2.51. The van der Waals surface area contributed by atoms with E-state index in [4.69, 9.17) is 9.84 Å². The average Bonchev–Trinajstić information content (AvgIpc) is 2.65. The predicted molar refractivity (Wildman–Crippen MR) is 103 cm³/mol. The Morgan fingerprint density at radius 1 is 1.17 bits per heavy atom. The summed E-state index contributed by atoms with van der Waals surface area (Å²) < 4.78 is 18.6. The van der Waals surface area contributed by atoms with Gasteiger partial charge in [-0.2, -0.15) is 0 Å². The Labute approximate surface area is 171 Å². The Kier molecular flexibility index (Phi) is 5.74. The van der Waals surface area contributed by atoms with Gasteiger partial charge in [0.15, 0.2) is 6.61 Å². The van der Waals surface area contributed by atoms with Crippen molar-refractivity contribution in [3.05, 3.63) is 63.9 Å². The molecule has 2 aromatic carbocycles. The van der Waals surface area contributed by atoms with Crippen molar-refractivity contribution in [3.63, 3.8) is 0 Å². The van der Waals surface area contributed by atoms with Gasteiger partial charge in [-0.05, 0) is 64.0 Å². The molecular formula is C19H12BrFN2O6. The first-order valence-electron chi connectivity index (χ1n) is 8.07.